The molecule has 0 aliphatic rings. The molecule has 0 saturated heterocycles. The monoisotopic (exact) mass is 573 g/mol. The van der Waals surface area contributed by atoms with Crippen molar-refractivity contribution in [1.29, 1.82) is 0 Å². The van der Waals surface area contributed by atoms with Gasteiger partial charge >= 0.3 is 5.97 Å². The van der Waals surface area contributed by atoms with Gasteiger partial charge in [0, 0.05) is 23.4 Å². The molecular weight excluding hydrogens is 549 g/mol. The van der Waals surface area contributed by atoms with Gasteiger partial charge in [0.15, 0.2) is 16.3 Å². The molecule has 0 unspecified atom stereocenters. The third-order valence-electron chi connectivity index (χ3n) is 5.49. The second kappa shape index (κ2) is 11.7. The first kappa shape index (κ1) is 27.8. The van der Waals surface area contributed by atoms with Crippen molar-refractivity contribution >= 4 is 49.1 Å². The number of hydrogen-bond acceptors (Lipinski definition) is 8. The predicted octanol–water partition coefficient (Wildman–Crippen LogP) is 3.96. The van der Waals surface area contributed by atoms with Gasteiger partial charge in [0.1, 0.15) is 12.4 Å². The zero-order valence-corrected chi connectivity index (χ0v) is 22.8. The molecule has 204 valence electrons. The van der Waals surface area contributed by atoms with Crippen LogP contribution in [-0.4, -0.2) is 45.7 Å². The fourth-order valence-corrected chi connectivity index (χ4v) is 5.73. The Morgan fingerprint density at radius 2 is 1.64 bits per heavy atom. The molecule has 3 aromatic carbocycles. The van der Waals surface area contributed by atoms with E-state index in [1.807, 2.05) is 0 Å². The van der Waals surface area contributed by atoms with Crippen molar-refractivity contribution in [2.24, 2.45) is 4.99 Å². The van der Waals surface area contributed by atoms with Crippen LogP contribution in [0.1, 0.15) is 17.3 Å². The summed E-state index contributed by atoms with van der Waals surface area (Å²) in [5.74, 6) is -0.742. The lowest BCUT2D eigenvalue weighted by Crippen LogP contribution is -2.23. The first-order valence-corrected chi connectivity index (χ1v) is 13.8. The number of carbonyl (C=O) groups is 2. The average molecular weight is 574 g/mol. The molecule has 0 radical (unpaired) electrons. The Hall–Kier alpha value is -4.23. The number of hydrogen-bond donors (Lipinski definition) is 1. The number of halogens is 1. The number of aromatic nitrogens is 1. The molecule has 0 bridgehead atoms. The van der Waals surface area contributed by atoms with Crippen LogP contribution in [0.25, 0.3) is 10.2 Å². The predicted molar refractivity (Wildman–Crippen MR) is 143 cm³/mol. The van der Waals surface area contributed by atoms with E-state index < -0.39 is 27.7 Å². The lowest BCUT2D eigenvalue weighted by atomic mass is 10.2. The number of esters is 1. The van der Waals surface area contributed by atoms with Gasteiger partial charge in [0.05, 0.1) is 35.9 Å². The second-order valence-electron chi connectivity index (χ2n) is 8.00. The number of amides is 1. The molecule has 1 heterocycles. The maximum absolute atomic E-state index is 13.1. The van der Waals surface area contributed by atoms with Gasteiger partial charge in [-0.05, 0) is 55.5 Å². The molecule has 1 N–H and O–H groups in total. The van der Waals surface area contributed by atoms with E-state index in [9.17, 15) is 22.4 Å². The number of nitrogens with zero attached hydrogens (tertiary/aromatic N) is 2. The smallest absolute Gasteiger partial charge is 0.326 e. The highest BCUT2D eigenvalue weighted by Gasteiger charge is 2.17. The fraction of sp³-hybridized carbons (Fsp3) is 0.192. The molecule has 1 amide bonds. The SMILES string of the molecule is CCOC(=O)Cn1c(=NC(=O)c2ccc(NS(=O)(=O)c3ccc(F)cc3)cc2)sc2cc(OC)c(OC)cc21. The molecule has 0 spiro atoms. The zero-order valence-electron chi connectivity index (χ0n) is 21.1. The number of rotatable bonds is 9. The molecule has 10 nitrogen and oxygen atoms in total. The van der Waals surface area contributed by atoms with Crippen molar-refractivity contribution in [2.75, 3.05) is 25.5 Å². The van der Waals surface area contributed by atoms with E-state index in [4.69, 9.17) is 14.2 Å². The minimum atomic E-state index is -3.95. The number of sulfonamides is 1. The highest BCUT2D eigenvalue weighted by Crippen LogP contribution is 2.33. The molecular formula is C26H24FN3O7S2. The van der Waals surface area contributed by atoms with Gasteiger partial charge in [-0.25, -0.2) is 12.8 Å². The van der Waals surface area contributed by atoms with Gasteiger partial charge < -0.3 is 18.8 Å². The van der Waals surface area contributed by atoms with Crippen LogP contribution in [0, 0.1) is 5.82 Å². The maximum atomic E-state index is 13.1. The number of nitrogens with one attached hydrogen (secondary N) is 1. The first-order valence-electron chi connectivity index (χ1n) is 11.5. The van der Waals surface area contributed by atoms with E-state index in [0.29, 0.717) is 21.7 Å². The second-order valence-corrected chi connectivity index (χ2v) is 10.7. The van der Waals surface area contributed by atoms with Crippen molar-refractivity contribution in [3.8, 4) is 11.5 Å². The maximum Gasteiger partial charge on any atom is 0.326 e. The Morgan fingerprint density at radius 3 is 2.26 bits per heavy atom. The number of benzene rings is 3. The van der Waals surface area contributed by atoms with E-state index in [1.165, 1.54) is 49.8 Å². The summed E-state index contributed by atoms with van der Waals surface area (Å²) in [6, 6.07) is 13.5. The molecule has 1 aromatic heterocycles. The normalized spacial score (nSPS) is 11.8. The van der Waals surface area contributed by atoms with Gasteiger partial charge in [-0.2, -0.15) is 4.99 Å². The summed E-state index contributed by atoms with van der Waals surface area (Å²) in [6.45, 7) is 1.71. The van der Waals surface area contributed by atoms with Gasteiger partial charge in [0.25, 0.3) is 15.9 Å². The number of carbonyl (C=O) groups excluding carboxylic acids is 2. The number of ether oxygens (including phenoxy) is 3. The standard InChI is InChI=1S/C26H24FN3O7S2/c1-4-37-24(31)15-30-20-13-21(35-2)22(36-3)14-23(20)38-26(30)28-25(32)16-5-9-18(10-6-16)29-39(33,34)19-11-7-17(27)8-12-19/h5-14,29H,4,15H2,1-3H3. The van der Waals surface area contributed by atoms with Gasteiger partial charge in [-0.1, -0.05) is 11.3 Å². The van der Waals surface area contributed by atoms with E-state index in [1.54, 1.807) is 23.6 Å². The van der Waals surface area contributed by atoms with Crippen LogP contribution in [0.4, 0.5) is 10.1 Å². The third-order valence-corrected chi connectivity index (χ3v) is 7.92. The molecule has 4 rings (SSSR count). The van der Waals surface area contributed by atoms with E-state index >= 15 is 0 Å². The fourth-order valence-electron chi connectivity index (χ4n) is 3.63. The minimum Gasteiger partial charge on any atom is -0.493 e. The summed E-state index contributed by atoms with van der Waals surface area (Å²) >= 11 is 1.18. The van der Waals surface area contributed by atoms with Crippen molar-refractivity contribution in [3.63, 3.8) is 0 Å². The molecule has 0 fully saturated rings. The number of anilines is 1. The topological polar surface area (TPSA) is 125 Å². The summed E-state index contributed by atoms with van der Waals surface area (Å²) in [5.41, 5.74) is 0.993. The molecule has 0 atom stereocenters. The summed E-state index contributed by atoms with van der Waals surface area (Å²) in [5, 5.41) is 0. The third kappa shape index (κ3) is 6.26. The number of thiazole rings is 1. The minimum absolute atomic E-state index is 0.108. The lowest BCUT2D eigenvalue weighted by molar-refractivity contribution is -0.143. The van der Waals surface area contributed by atoms with E-state index in [-0.39, 0.29) is 34.1 Å². The highest BCUT2D eigenvalue weighted by molar-refractivity contribution is 7.92. The number of methoxy groups -OCH3 is 2. The van der Waals surface area contributed by atoms with Crippen LogP contribution in [0.15, 0.2) is 70.6 Å². The Morgan fingerprint density at radius 1 is 1.00 bits per heavy atom. The van der Waals surface area contributed by atoms with Crippen LogP contribution >= 0.6 is 11.3 Å². The quantitative estimate of drug-likeness (QED) is 0.301. The zero-order chi connectivity index (χ0) is 28.2. The molecule has 0 saturated carbocycles. The Balaban J connectivity index is 1.66. The van der Waals surface area contributed by atoms with Crippen LogP contribution < -0.4 is 19.0 Å². The van der Waals surface area contributed by atoms with Crippen molar-refractivity contribution in [3.05, 3.63) is 76.8 Å². The van der Waals surface area contributed by atoms with Gasteiger partial charge in [0.2, 0.25) is 0 Å². The van der Waals surface area contributed by atoms with E-state index in [2.05, 4.69) is 9.71 Å². The molecule has 4 aromatic rings. The van der Waals surface area contributed by atoms with Crippen molar-refractivity contribution in [2.45, 2.75) is 18.4 Å². The average Bonchev–Trinajstić information content (AvgIpc) is 3.23. The number of fused-ring (bicyclic) bond motifs is 1. The Kier molecular flexibility index (Phi) is 8.31. The summed E-state index contributed by atoms with van der Waals surface area (Å²) < 4.78 is 58.7. The van der Waals surface area contributed by atoms with Gasteiger partial charge in [-0.3, -0.25) is 14.3 Å². The summed E-state index contributed by atoms with van der Waals surface area (Å²) in [6.07, 6.45) is 0. The van der Waals surface area contributed by atoms with Crippen LogP contribution in [0.5, 0.6) is 11.5 Å². The molecule has 0 aliphatic heterocycles. The Bertz CT molecular complexity index is 1690. The van der Waals surface area contributed by atoms with Crippen LogP contribution in [0.3, 0.4) is 0 Å². The largest absolute Gasteiger partial charge is 0.493 e. The van der Waals surface area contributed by atoms with Gasteiger partial charge in [-0.15, -0.1) is 0 Å². The van der Waals surface area contributed by atoms with Crippen molar-refractivity contribution in [1.82, 2.24) is 4.57 Å². The lowest BCUT2D eigenvalue weighted by Gasteiger charge is -2.09. The molecule has 13 heteroatoms. The Labute approximate surface area is 227 Å². The molecule has 39 heavy (non-hydrogen) atoms. The van der Waals surface area contributed by atoms with Crippen molar-refractivity contribution < 1.29 is 36.6 Å². The summed E-state index contributed by atoms with van der Waals surface area (Å²) in [7, 11) is -0.959. The van der Waals surface area contributed by atoms with E-state index in [0.717, 1.165) is 24.3 Å². The summed E-state index contributed by atoms with van der Waals surface area (Å²) in [4.78, 5) is 29.7. The first-order chi connectivity index (χ1) is 18.6. The highest BCUT2D eigenvalue weighted by atomic mass is 32.2. The molecule has 0 aliphatic carbocycles. The van der Waals surface area contributed by atoms with Crippen LogP contribution in [-0.2, 0) is 26.1 Å². The van der Waals surface area contributed by atoms with Crippen LogP contribution in [0.2, 0.25) is 0 Å².